The number of β-lactam (4-membered cyclic amide) rings is 1. The highest BCUT2D eigenvalue weighted by Gasteiger charge is 2.61. The van der Waals surface area contributed by atoms with Gasteiger partial charge in [-0.1, -0.05) is 18.2 Å². The van der Waals surface area contributed by atoms with Gasteiger partial charge in [0, 0.05) is 5.75 Å². The van der Waals surface area contributed by atoms with Crippen LogP contribution < -0.4 is 10.1 Å². The SMILES string of the molecule is CC1(Cl)CS[C@@H]2C(NC(=O)COc3ccccc3)C(=O)N2C1C(=O)O. The number of carboxylic acids is 1. The second-order valence-corrected chi connectivity index (χ2v) is 8.08. The molecular formula is C16H17ClN2O5S. The minimum atomic E-state index is -1.15. The molecule has 2 aliphatic rings. The number of benzene rings is 1. The first-order valence-electron chi connectivity index (χ1n) is 7.64. The highest BCUT2D eigenvalue weighted by molar-refractivity contribution is 8.00. The summed E-state index contributed by atoms with van der Waals surface area (Å²) in [5.74, 6) is -1.10. The van der Waals surface area contributed by atoms with Gasteiger partial charge in [-0.2, -0.15) is 0 Å². The van der Waals surface area contributed by atoms with E-state index < -0.39 is 40.1 Å². The van der Waals surface area contributed by atoms with E-state index in [9.17, 15) is 19.5 Å². The first-order valence-corrected chi connectivity index (χ1v) is 9.06. The molecule has 9 heteroatoms. The third kappa shape index (κ3) is 3.41. The van der Waals surface area contributed by atoms with Crippen molar-refractivity contribution in [1.82, 2.24) is 10.2 Å². The number of carbonyl (C=O) groups is 3. The number of carbonyl (C=O) groups excluding carboxylic acids is 2. The Labute approximate surface area is 153 Å². The van der Waals surface area contributed by atoms with Crippen LogP contribution in [0.1, 0.15) is 6.92 Å². The van der Waals surface area contributed by atoms with Gasteiger partial charge in [-0.3, -0.25) is 9.59 Å². The Hall–Kier alpha value is -1.93. The smallest absolute Gasteiger partial charge is 0.328 e. The number of hydrogen-bond acceptors (Lipinski definition) is 5. The predicted octanol–water partition coefficient (Wildman–Crippen LogP) is 0.916. The maximum Gasteiger partial charge on any atom is 0.328 e. The summed E-state index contributed by atoms with van der Waals surface area (Å²) in [6, 6.07) is 6.98. The van der Waals surface area contributed by atoms with Gasteiger partial charge in [0.2, 0.25) is 5.91 Å². The zero-order chi connectivity index (χ0) is 18.2. The van der Waals surface area contributed by atoms with Crippen molar-refractivity contribution in [2.24, 2.45) is 0 Å². The van der Waals surface area contributed by atoms with Gasteiger partial charge in [0.05, 0.1) is 4.87 Å². The van der Waals surface area contributed by atoms with Crippen molar-refractivity contribution in [1.29, 1.82) is 0 Å². The van der Waals surface area contributed by atoms with E-state index in [0.717, 1.165) is 0 Å². The number of fused-ring (bicyclic) bond motifs is 1. The average molecular weight is 385 g/mol. The Morgan fingerprint density at radius 2 is 2.12 bits per heavy atom. The van der Waals surface area contributed by atoms with Crippen molar-refractivity contribution in [3.8, 4) is 5.75 Å². The van der Waals surface area contributed by atoms with E-state index in [-0.39, 0.29) is 6.61 Å². The molecule has 3 unspecified atom stereocenters. The molecule has 1 aromatic rings. The zero-order valence-electron chi connectivity index (χ0n) is 13.3. The number of hydrogen-bond donors (Lipinski definition) is 2. The summed E-state index contributed by atoms with van der Waals surface area (Å²) in [5.41, 5.74) is 0. The topological polar surface area (TPSA) is 95.9 Å². The number of nitrogens with zero attached hydrogens (tertiary/aromatic N) is 1. The van der Waals surface area contributed by atoms with Crippen LogP contribution >= 0.6 is 23.4 Å². The molecule has 2 fully saturated rings. The van der Waals surface area contributed by atoms with Crippen LogP contribution in [0, 0.1) is 0 Å². The maximum atomic E-state index is 12.3. The van der Waals surface area contributed by atoms with Crippen LogP contribution in [0.3, 0.4) is 0 Å². The highest BCUT2D eigenvalue weighted by Crippen LogP contribution is 2.44. The second kappa shape index (κ2) is 6.76. The van der Waals surface area contributed by atoms with Crippen LogP contribution in [0.4, 0.5) is 0 Å². The van der Waals surface area contributed by atoms with Gasteiger partial charge in [-0.25, -0.2) is 4.79 Å². The molecule has 2 N–H and O–H groups in total. The molecule has 0 aromatic heterocycles. The number of para-hydroxylation sites is 1. The minimum Gasteiger partial charge on any atom is -0.484 e. The fourth-order valence-corrected chi connectivity index (χ4v) is 4.75. The number of carboxylic acid groups (broad SMARTS) is 1. The van der Waals surface area contributed by atoms with Crippen molar-refractivity contribution in [3.05, 3.63) is 30.3 Å². The molecule has 2 aliphatic heterocycles. The summed E-state index contributed by atoms with van der Waals surface area (Å²) in [4.78, 5) is 36.1. The molecule has 25 heavy (non-hydrogen) atoms. The lowest BCUT2D eigenvalue weighted by Crippen LogP contribution is -2.78. The van der Waals surface area contributed by atoms with E-state index in [1.807, 2.05) is 6.07 Å². The Morgan fingerprint density at radius 1 is 1.44 bits per heavy atom. The molecule has 134 valence electrons. The van der Waals surface area contributed by atoms with Crippen molar-refractivity contribution in [3.63, 3.8) is 0 Å². The Kier molecular flexibility index (Phi) is 4.83. The minimum absolute atomic E-state index is 0.221. The second-order valence-electron chi connectivity index (χ2n) is 6.11. The molecule has 7 nitrogen and oxygen atoms in total. The van der Waals surface area contributed by atoms with Crippen LogP contribution in [0.5, 0.6) is 5.75 Å². The van der Waals surface area contributed by atoms with Gasteiger partial charge in [-0.05, 0) is 19.1 Å². The third-order valence-electron chi connectivity index (χ3n) is 4.13. The van der Waals surface area contributed by atoms with Crippen LogP contribution in [0.2, 0.25) is 0 Å². The molecule has 0 spiro atoms. The summed E-state index contributed by atoms with van der Waals surface area (Å²) in [7, 11) is 0. The van der Waals surface area contributed by atoms with Crippen molar-refractivity contribution in [2.75, 3.05) is 12.4 Å². The summed E-state index contributed by atoms with van der Waals surface area (Å²) in [5, 5.41) is 11.6. The van der Waals surface area contributed by atoms with Gasteiger partial charge in [0.25, 0.3) is 5.91 Å². The van der Waals surface area contributed by atoms with Crippen molar-refractivity contribution in [2.45, 2.75) is 29.3 Å². The third-order valence-corrected chi connectivity index (χ3v) is 6.23. The fourth-order valence-electron chi connectivity index (χ4n) is 2.94. The van der Waals surface area contributed by atoms with E-state index in [1.54, 1.807) is 31.2 Å². The average Bonchev–Trinajstić information content (AvgIpc) is 2.57. The van der Waals surface area contributed by atoms with Crippen LogP contribution in [0.25, 0.3) is 0 Å². The van der Waals surface area contributed by atoms with E-state index in [1.165, 1.54) is 16.7 Å². The molecule has 4 atom stereocenters. The quantitative estimate of drug-likeness (QED) is 0.579. The molecule has 0 radical (unpaired) electrons. The number of aliphatic carboxylic acids is 1. The molecule has 3 rings (SSSR count). The summed E-state index contributed by atoms with van der Waals surface area (Å²) in [6.45, 7) is 1.38. The van der Waals surface area contributed by atoms with Gasteiger partial charge in [-0.15, -0.1) is 23.4 Å². The number of alkyl halides is 1. The lowest BCUT2D eigenvalue weighted by Gasteiger charge is -2.55. The largest absolute Gasteiger partial charge is 0.484 e. The molecule has 2 heterocycles. The molecule has 0 aliphatic carbocycles. The number of thioether (sulfide) groups is 1. The number of amides is 2. The molecule has 2 saturated heterocycles. The van der Waals surface area contributed by atoms with Gasteiger partial charge in [0.1, 0.15) is 23.2 Å². The van der Waals surface area contributed by atoms with Gasteiger partial charge < -0.3 is 20.1 Å². The molecule has 0 saturated carbocycles. The monoisotopic (exact) mass is 384 g/mol. The standard InChI is InChI=1S/C16H17ClN2O5S/c1-16(17)8-25-14-11(13(21)19(14)12(16)15(22)23)18-10(20)7-24-9-5-3-2-4-6-9/h2-6,11-12,14H,7-8H2,1H3,(H,18,20)(H,22,23)/t11?,12?,14-,16?/m1/s1. The Balaban J connectivity index is 1.59. The lowest BCUT2D eigenvalue weighted by atomic mass is 9.94. The molecule has 1 aromatic carbocycles. The number of ether oxygens (including phenoxy) is 1. The molecule has 0 bridgehead atoms. The fraction of sp³-hybridized carbons (Fsp3) is 0.438. The summed E-state index contributed by atoms with van der Waals surface area (Å²) >= 11 is 7.62. The Morgan fingerprint density at radius 3 is 2.76 bits per heavy atom. The Bertz CT molecular complexity index is 699. The van der Waals surface area contributed by atoms with E-state index >= 15 is 0 Å². The van der Waals surface area contributed by atoms with Gasteiger partial charge in [0.15, 0.2) is 6.61 Å². The van der Waals surface area contributed by atoms with E-state index in [0.29, 0.717) is 11.5 Å². The molecular weight excluding hydrogens is 368 g/mol. The van der Waals surface area contributed by atoms with Crippen LogP contribution in [0.15, 0.2) is 30.3 Å². The highest BCUT2D eigenvalue weighted by atomic mass is 35.5. The van der Waals surface area contributed by atoms with E-state index in [4.69, 9.17) is 16.3 Å². The predicted molar refractivity (Wildman–Crippen MR) is 92.6 cm³/mol. The summed E-state index contributed by atoms with van der Waals surface area (Å²) < 4.78 is 5.34. The number of halogens is 1. The number of nitrogens with one attached hydrogen (secondary N) is 1. The molecule has 2 amide bonds. The van der Waals surface area contributed by atoms with Gasteiger partial charge >= 0.3 is 5.97 Å². The van der Waals surface area contributed by atoms with Crippen molar-refractivity contribution >= 4 is 41.1 Å². The first-order chi connectivity index (χ1) is 11.8. The lowest BCUT2D eigenvalue weighted by molar-refractivity contribution is -0.164. The van der Waals surface area contributed by atoms with Crippen LogP contribution in [-0.2, 0) is 14.4 Å². The zero-order valence-corrected chi connectivity index (χ0v) is 14.9. The summed E-state index contributed by atoms with van der Waals surface area (Å²) in [6.07, 6.45) is 0. The normalized spacial score (nSPS) is 30.9. The van der Waals surface area contributed by atoms with Crippen LogP contribution in [-0.4, -0.2) is 62.5 Å². The van der Waals surface area contributed by atoms with E-state index in [2.05, 4.69) is 5.32 Å². The maximum absolute atomic E-state index is 12.3. The van der Waals surface area contributed by atoms with Crippen molar-refractivity contribution < 1.29 is 24.2 Å². The first kappa shape index (κ1) is 17.9. The number of rotatable bonds is 5.